The number of aryl methyl sites for hydroxylation is 1. The standard InChI is InChI=1S/C19H22N6O3/c1-10-4-6-13-17(20-10)24-25-18(13)21-19(26)15-9-14(22-23-15)12-7-5-11(27-2)8-16(12)28-3/h4-8,14-15,22-23H,9H2,1-3H3,(H2,20,21,24,25,26). The Bertz CT molecular complexity index is 1020. The molecule has 2 aromatic heterocycles. The van der Waals surface area contributed by atoms with Crippen LogP contribution in [0.4, 0.5) is 5.82 Å². The first-order chi connectivity index (χ1) is 13.6. The highest BCUT2D eigenvalue weighted by Crippen LogP contribution is 2.33. The van der Waals surface area contributed by atoms with Gasteiger partial charge >= 0.3 is 0 Å². The molecule has 4 N–H and O–H groups in total. The van der Waals surface area contributed by atoms with E-state index in [4.69, 9.17) is 9.47 Å². The van der Waals surface area contributed by atoms with Crippen molar-refractivity contribution < 1.29 is 14.3 Å². The molecular weight excluding hydrogens is 360 g/mol. The Morgan fingerprint density at radius 3 is 2.82 bits per heavy atom. The van der Waals surface area contributed by atoms with E-state index in [1.807, 2.05) is 37.3 Å². The zero-order chi connectivity index (χ0) is 19.7. The minimum Gasteiger partial charge on any atom is -0.497 e. The van der Waals surface area contributed by atoms with Crippen molar-refractivity contribution in [1.29, 1.82) is 0 Å². The fourth-order valence-electron chi connectivity index (χ4n) is 3.34. The smallest absolute Gasteiger partial charge is 0.244 e. The zero-order valence-corrected chi connectivity index (χ0v) is 15.9. The average Bonchev–Trinajstić information content (AvgIpc) is 3.35. The van der Waals surface area contributed by atoms with Gasteiger partial charge in [0.25, 0.3) is 0 Å². The van der Waals surface area contributed by atoms with E-state index in [2.05, 4.69) is 31.3 Å². The van der Waals surface area contributed by atoms with Crippen LogP contribution in [0.2, 0.25) is 0 Å². The molecule has 28 heavy (non-hydrogen) atoms. The number of carbonyl (C=O) groups is 1. The highest BCUT2D eigenvalue weighted by atomic mass is 16.5. The van der Waals surface area contributed by atoms with Crippen LogP contribution in [0.3, 0.4) is 0 Å². The molecule has 0 saturated carbocycles. The lowest BCUT2D eigenvalue weighted by atomic mass is 10.0. The summed E-state index contributed by atoms with van der Waals surface area (Å²) in [5.74, 6) is 1.73. The minimum absolute atomic E-state index is 0.0724. The minimum atomic E-state index is -0.415. The molecular formula is C19H22N6O3. The predicted octanol–water partition coefficient (Wildman–Crippen LogP) is 1.83. The van der Waals surface area contributed by atoms with Gasteiger partial charge in [0.1, 0.15) is 17.5 Å². The van der Waals surface area contributed by atoms with Crippen molar-refractivity contribution in [3.63, 3.8) is 0 Å². The number of fused-ring (bicyclic) bond motifs is 1. The maximum absolute atomic E-state index is 12.7. The van der Waals surface area contributed by atoms with Crippen LogP contribution in [0.15, 0.2) is 30.3 Å². The number of rotatable bonds is 5. The van der Waals surface area contributed by atoms with Gasteiger partial charge in [0.05, 0.1) is 25.6 Å². The van der Waals surface area contributed by atoms with E-state index >= 15 is 0 Å². The molecule has 4 rings (SSSR count). The monoisotopic (exact) mass is 382 g/mol. The molecule has 0 radical (unpaired) electrons. The summed E-state index contributed by atoms with van der Waals surface area (Å²) in [5, 5.41) is 10.7. The largest absolute Gasteiger partial charge is 0.497 e. The second-order valence-corrected chi connectivity index (χ2v) is 6.65. The van der Waals surface area contributed by atoms with Gasteiger partial charge in [-0.2, -0.15) is 5.10 Å². The van der Waals surface area contributed by atoms with Crippen molar-refractivity contribution in [2.24, 2.45) is 0 Å². The maximum Gasteiger partial charge on any atom is 0.244 e. The number of ether oxygens (including phenoxy) is 2. The average molecular weight is 382 g/mol. The van der Waals surface area contributed by atoms with Crippen molar-refractivity contribution in [2.45, 2.75) is 25.4 Å². The van der Waals surface area contributed by atoms with Crippen LogP contribution < -0.4 is 25.6 Å². The Labute approximate surface area is 161 Å². The molecule has 2 unspecified atom stereocenters. The lowest BCUT2D eigenvalue weighted by Crippen LogP contribution is -2.39. The molecule has 0 aliphatic carbocycles. The van der Waals surface area contributed by atoms with Crippen molar-refractivity contribution in [3.8, 4) is 11.5 Å². The van der Waals surface area contributed by atoms with E-state index in [1.165, 1.54) is 0 Å². The number of H-pyrrole nitrogens is 1. The third-order valence-corrected chi connectivity index (χ3v) is 4.84. The van der Waals surface area contributed by atoms with E-state index in [-0.39, 0.29) is 11.9 Å². The fraction of sp³-hybridized carbons (Fsp3) is 0.316. The number of anilines is 1. The Hall–Kier alpha value is -3.17. The van der Waals surface area contributed by atoms with E-state index in [9.17, 15) is 4.79 Å². The van der Waals surface area contributed by atoms with Crippen molar-refractivity contribution in [3.05, 3.63) is 41.6 Å². The molecule has 1 fully saturated rings. The van der Waals surface area contributed by atoms with Crippen LogP contribution in [-0.4, -0.2) is 41.3 Å². The molecule has 1 amide bonds. The molecule has 146 valence electrons. The number of nitrogens with one attached hydrogen (secondary N) is 4. The van der Waals surface area contributed by atoms with Gasteiger partial charge in [-0.25, -0.2) is 15.8 Å². The molecule has 0 spiro atoms. The number of hydrogen-bond acceptors (Lipinski definition) is 7. The molecule has 1 aliphatic rings. The highest BCUT2D eigenvalue weighted by molar-refractivity contribution is 6.01. The maximum atomic E-state index is 12.7. The molecule has 1 aromatic carbocycles. The molecule has 9 nitrogen and oxygen atoms in total. The van der Waals surface area contributed by atoms with Gasteiger partial charge in [-0.05, 0) is 31.5 Å². The summed E-state index contributed by atoms with van der Waals surface area (Å²) in [6.45, 7) is 1.90. The number of carbonyl (C=O) groups excluding carboxylic acids is 1. The second-order valence-electron chi connectivity index (χ2n) is 6.65. The molecule has 0 bridgehead atoms. The number of aromatic amines is 1. The molecule has 3 aromatic rings. The number of hydrogen-bond donors (Lipinski definition) is 4. The zero-order valence-electron chi connectivity index (χ0n) is 15.9. The van der Waals surface area contributed by atoms with Crippen LogP contribution in [-0.2, 0) is 4.79 Å². The first kappa shape index (κ1) is 18.2. The van der Waals surface area contributed by atoms with E-state index < -0.39 is 6.04 Å². The van der Waals surface area contributed by atoms with E-state index in [1.54, 1.807) is 14.2 Å². The third-order valence-electron chi connectivity index (χ3n) is 4.84. The van der Waals surface area contributed by atoms with Crippen LogP contribution in [0.1, 0.15) is 23.7 Å². The number of methoxy groups -OCH3 is 2. The van der Waals surface area contributed by atoms with Gasteiger partial charge in [-0.1, -0.05) is 6.07 Å². The summed E-state index contributed by atoms with van der Waals surface area (Å²) in [6.07, 6.45) is 0.564. The summed E-state index contributed by atoms with van der Waals surface area (Å²) in [4.78, 5) is 17.1. The Balaban J connectivity index is 1.47. The van der Waals surface area contributed by atoms with Crippen LogP contribution >= 0.6 is 0 Å². The Kier molecular flexibility index (Phi) is 4.84. The quantitative estimate of drug-likeness (QED) is 0.532. The van der Waals surface area contributed by atoms with Gasteiger partial charge in [0.15, 0.2) is 11.5 Å². The summed E-state index contributed by atoms with van der Waals surface area (Å²) in [7, 11) is 3.23. The lowest BCUT2D eigenvalue weighted by molar-refractivity contribution is -0.117. The Morgan fingerprint density at radius 1 is 1.18 bits per heavy atom. The third kappa shape index (κ3) is 3.37. The SMILES string of the molecule is COc1ccc(C2CC(C(=O)Nc3n[nH]c4nc(C)ccc34)NN2)c(OC)c1. The van der Waals surface area contributed by atoms with E-state index in [0.717, 1.165) is 22.4 Å². The van der Waals surface area contributed by atoms with Crippen LogP contribution in [0.5, 0.6) is 11.5 Å². The van der Waals surface area contributed by atoms with Crippen LogP contribution in [0, 0.1) is 6.92 Å². The van der Waals surface area contributed by atoms with Crippen molar-refractivity contribution >= 4 is 22.8 Å². The number of hydrazine groups is 1. The molecule has 1 aliphatic heterocycles. The van der Waals surface area contributed by atoms with Gasteiger partial charge in [-0.15, -0.1) is 0 Å². The van der Waals surface area contributed by atoms with Crippen molar-refractivity contribution in [2.75, 3.05) is 19.5 Å². The molecule has 2 atom stereocenters. The lowest BCUT2D eigenvalue weighted by Gasteiger charge is -2.15. The van der Waals surface area contributed by atoms with Gasteiger partial charge in [0, 0.05) is 17.3 Å². The fourth-order valence-corrected chi connectivity index (χ4v) is 3.34. The van der Waals surface area contributed by atoms with Gasteiger partial charge < -0.3 is 14.8 Å². The topological polar surface area (TPSA) is 113 Å². The molecule has 9 heteroatoms. The van der Waals surface area contributed by atoms with Crippen LogP contribution in [0.25, 0.3) is 11.0 Å². The first-order valence-electron chi connectivity index (χ1n) is 8.94. The highest BCUT2D eigenvalue weighted by Gasteiger charge is 2.32. The number of amides is 1. The summed E-state index contributed by atoms with van der Waals surface area (Å²) in [6, 6.07) is 8.93. The summed E-state index contributed by atoms with van der Waals surface area (Å²) >= 11 is 0. The van der Waals surface area contributed by atoms with Crippen molar-refractivity contribution in [1.82, 2.24) is 26.0 Å². The molecule has 3 heterocycles. The number of nitrogens with zero attached hydrogens (tertiary/aromatic N) is 2. The van der Waals surface area contributed by atoms with Gasteiger partial charge in [0.2, 0.25) is 5.91 Å². The normalized spacial score (nSPS) is 19.0. The second kappa shape index (κ2) is 7.45. The Morgan fingerprint density at radius 2 is 2.04 bits per heavy atom. The summed E-state index contributed by atoms with van der Waals surface area (Å²) in [5.41, 5.74) is 8.70. The summed E-state index contributed by atoms with van der Waals surface area (Å²) < 4.78 is 10.7. The predicted molar refractivity (Wildman–Crippen MR) is 104 cm³/mol. The first-order valence-corrected chi connectivity index (χ1v) is 8.94. The van der Waals surface area contributed by atoms with E-state index in [0.29, 0.717) is 23.6 Å². The number of pyridine rings is 1. The number of benzene rings is 1. The van der Waals surface area contributed by atoms with Gasteiger partial charge in [-0.3, -0.25) is 9.89 Å². The number of aromatic nitrogens is 3. The molecule has 1 saturated heterocycles.